The first kappa shape index (κ1) is 18.7. The van der Waals surface area contributed by atoms with E-state index >= 15 is 0 Å². The Morgan fingerprint density at radius 1 is 1.25 bits per heavy atom. The number of aliphatic hydroxyl groups is 1. The zero-order valence-corrected chi connectivity index (χ0v) is 14.7. The van der Waals surface area contributed by atoms with Gasteiger partial charge in [-0.05, 0) is 25.3 Å². The largest absolute Gasteiger partial charge is 0.389 e. The van der Waals surface area contributed by atoms with E-state index in [9.17, 15) is 5.11 Å². The van der Waals surface area contributed by atoms with Gasteiger partial charge in [0.05, 0.1) is 25.9 Å². The lowest BCUT2D eigenvalue weighted by atomic mass is 9.96. The van der Waals surface area contributed by atoms with Gasteiger partial charge in [0.15, 0.2) is 5.96 Å². The maximum absolute atomic E-state index is 10.1. The van der Waals surface area contributed by atoms with Gasteiger partial charge in [0, 0.05) is 12.6 Å². The number of benzene rings is 1. The summed E-state index contributed by atoms with van der Waals surface area (Å²) in [6.07, 6.45) is 5.72. The second-order valence-corrected chi connectivity index (χ2v) is 6.35. The first-order valence-corrected chi connectivity index (χ1v) is 9.12. The number of ether oxygens (including phenoxy) is 1. The van der Waals surface area contributed by atoms with Crippen molar-refractivity contribution in [3.8, 4) is 0 Å². The summed E-state index contributed by atoms with van der Waals surface area (Å²) < 4.78 is 5.56. The lowest BCUT2D eigenvalue weighted by Crippen LogP contribution is -2.44. The van der Waals surface area contributed by atoms with Crippen molar-refractivity contribution in [1.29, 1.82) is 0 Å². The van der Waals surface area contributed by atoms with Crippen molar-refractivity contribution in [1.82, 2.24) is 10.6 Å². The summed E-state index contributed by atoms with van der Waals surface area (Å²) in [4.78, 5) is 4.50. The highest BCUT2D eigenvalue weighted by Crippen LogP contribution is 2.17. The molecule has 5 nitrogen and oxygen atoms in total. The number of aliphatic imine (C=N–C) groups is 1. The molecule has 1 unspecified atom stereocenters. The fourth-order valence-electron chi connectivity index (χ4n) is 2.90. The van der Waals surface area contributed by atoms with Gasteiger partial charge in [0.2, 0.25) is 0 Å². The Hall–Kier alpha value is -1.59. The van der Waals surface area contributed by atoms with E-state index in [1.165, 1.54) is 32.1 Å². The van der Waals surface area contributed by atoms with Crippen LogP contribution >= 0.6 is 0 Å². The van der Waals surface area contributed by atoms with Crippen molar-refractivity contribution in [3.05, 3.63) is 35.9 Å². The third-order valence-electron chi connectivity index (χ3n) is 4.17. The van der Waals surface area contributed by atoms with Crippen LogP contribution in [-0.4, -0.2) is 42.9 Å². The Morgan fingerprint density at radius 2 is 2.00 bits per heavy atom. The van der Waals surface area contributed by atoms with Crippen LogP contribution in [0.2, 0.25) is 0 Å². The lowest BCUT2D eigenvalue weighted by Gasteiger charge is -2.25. The highest BCUT2D eigenvalue weighted by molar-refractivity contribution is 5.80. The number of nitrogens with one attached hydrogen (secondary N) is 2. The molecule has 134 valence electrons. The molecule has 0 heterocycles. The monoisotopic (exact) mass is 333 g/mol. The van der Waals surface area contributed by atoms with E-state index in [0.717, 1.165) is 18.1 Å². The molecule has 2 rings (SSSR count). The lowest BCUT2D eigenvalue weighted by molar-refractivity contribution is 0.0331. The fourth-order valence-corrected chi connectivity index (χ4v) is 2.90. The van der Waals surface area contributed by atoms with Gasteiger partial charge in [-0.2, -0.15) is 0 Å². The molecule has 0 radical (unpaired) electrons. The van der Waals surface area contributed by atoms with Crippen LogP contribution < -0.4 is 10.6 Å². The standard InChI is InChI=1S/C19H31N3O2/c1-2-20-19(22-17-11-7-4-8-12-17)21-13-18(23)15-24-14-16-9-5-3-6-10-16/h3,5-6,9-10,17-18,23H,2,4,7-8,11-15H2,1H3,(H2,20,21,22). The summed E-state index contributed by atoms with van der Waals surface area (Å²) in [5, 5.41) is 16.8. The second kappa shape index (κ2) is 11.0. The van der Waals surface area contributed by atoms with E-state index in [2.05, 4.69) is 22.5 Å². The van der Waals surface area contributed by atoms with Gasteiger partial charge in [-0.1, -0.05) is 49.6 Å². The quantitative estimate of drug-likeness (QED) is 0.505. The average Bonchev–Trinajstić information content (AvgIpc) is 2.62. The van der Waals surface area contributed by atoms with Crippen molar-refractivity contribution in [3.63, 3.8) is 0 Å². The van der Waals surface area contributed by atoms with Crippen LogP contribution in [0.1, 0.15) is 44.6 Å². The maximum Gasteiger partial charge on any atom is 0.191 e. The third-order valence-corrected chi connectivity index (χ3v) is 4.17. The van der Waals surface area contributed by atoms with E-state index in [1.807, 2.05) is 30.3 Å². The average molecular weight is 333 g/mol. The molecule has 1 aromatic rings. The minimum absolute atomic E-state index is 0.293. The zero-order valence-electron chi connectivity index (χ0n) is 14.7. The Bertz CT molecular complexity index is 473. The summed E-state index contributed by atoms with van der Waals surface area (Å²) in [6, 6.07) is 10.5. The number of aliphatic hydroxyl groups excluding tert-OH is 1. The highest BCUT2D eigenvalue weighted by Gasteiger charge is 2.14. The zero-order chi connectivity index (χ0) is 17.0. The van der Waals surface area contributed by atoms with Crippen molar-refractivity contribution >= 4 is 5.96 Å². The van der Waals surface area contributed by atoms with E-state index in [1.54, 1.807) is 0 Å². The molecule has 1 aromatic carbocycles. The van der Waals surface area contributed by atoms with Gasteiger partial charge in [-0.15, -0.1) is 0 Å². The molecule has 1 fully saturated rings. The molecule has 24 heavy (non-hydrogen) atoms. The van der Waals surface area contributed by atoms with Crippen LogP contribution in [0.4, 0.5) is 0 Å². The van der Waals surface area contributed by atoms with Crippen LogP contribution in [0, 0.1) is 0 Å². The van der Waals surface area contributed by atoms with E-state index < -0.39 is 6.10 Å². The van der Waals surface area contributed by atoms with Gasteiger partial charge in [0.1, 0.15) is 0 Å². The molecule has 1 atom stereocenters. The summed E-state index contributed by atoms with van der Waals surface area (Å²) >= 11 is 0. The molecule has 1 aliphatic rings. The molecule has 0 spiro atoms. The number of nitrogens with zero attached hydrogens (tertiary/aromatic N) is 1. The number of hydrogen-bond donors (Lipinski definition) is 3. The molecule has 1 aliphatic carbocycles. The Labute approximate surface area is 145 Å². The fraction of sp³-hybridized carbons (Fsp3) is 0.632. The first-order chi connectivity index (χ1) is 11.8. The molecular formula is C19H31N3O2. The molecule has 1 saturated carbocycles. The predicted octanol–water partition coefficient (Wildman–Crippen LogP) is 2.45. The smallest absolute Gasteiger partial charge is 0.191 e. The van der Waals surface area contributed by atoms with Crippen LogP contribution in [0.3, 0.4) is 0 Å². The molecule has 5 heteroatoms. The van der Waals surface area contributed by atoms with Gasteiger partial charge >= 0.3 is 0 Å². The van der Waals surface area contributed by atoms with Crippen LogP contribution in [-0.2, 0) is 11.3 Å². The van der Waals surface area contributed by atoms with Crippen molar-refractivity contribution in [2.45, 2.75) is 57.8 Å². The summed E-state index contributed by atoms with van der Waals surface area (Å²) in [5.74, 6) is 0.798. The van der Waals surface area contributed by atoms with Crippen molar-refractivity contribution in [2.75, 3.05) is 19.7 Å². The van der Waals surface area contributed by atoms with Gasteiger partial charge in [-0.3, -0.25) is 4.99 Å². The first-order valence-electron chi connectivity index (χ1n) is 9.12. The molecule has 3 N–H and O–H groups in total. The summed E-state index contributed by atoms with van der Waals surface area (Å²) in [6.45, 7) is 4.02. The molecule has 0 amide bonds. The maximum atomic E-state index is 10.1. The van der Waals surface area contributed by atoms with E-state index in [4.69, 9.17) is 4.74 Å². The minimum atomic E-state index is -0.587. The van der Waals surface area contributed by atoms with Crippen molar-refractivity contribution in [2.24, 2.45) is 4.99 Å². The second-order valence-electron chi connectivity index (χ2n) is 6.35. The SMILES string of the molecule is CCNC(=NCC(O)COCc1ccccc1)NC1CCCCC1. The van der Waals surface area contributed by atoms with E-state index in [-0.39, 0.29) is 0 Å². The van der Waals surface area contributed by atoms with E-state index in [0.29, 0.717) is 25.8 Å². The molecular weight excluding hydrogens is 302 g/mol. The minimum Gasteiger partial charge on any atom is -0.389 e. The van der Waals surface area contributed by atoms with Crippen LogP contribution in [0.5, 0.6) is 0 Å². The number of rotatable bonds is 8. The van der Waals surface area contributed by atoms with Gasteiger partial charge in [0.25, 0.3) is 0 Å². The normalized spacial score (nSPS) is 17.5. The Morgan fingerprint density at radius 3 is 2.71 bits per heavy atom. The van der Waals surface area contributed by atoms with Crippen molar-refractivity contribution < 1.29 is 9.84 Å². The number of guanidine groups is 1. The summed E-state index contributed by atoms with van der Waals surface area (Å²) in [7, 11) is 0. The Kier molecular flexibility index (Phi) is 8.63. The number of hydrogen-bond acceptors (Lipinski definition) is 3. The van der Waals surface area contributed by atoms with Crippen LogP contribution in [0.25, 0.3) is 0 Å². The summed E-state index contributed by atoms with van der Waals surface area (Å²) in [5.41, 5.74) is 1.11. The topological polar surface area (TPSA) is 65.9 Å². The predicted molar refractivity (Wildman–Crippen MR) is 98.1 cm³/mol. The van der Waals surface area contributed by atoms with Gasteiger partial charge < -0.3 is 20.5 Å². The highest BCUT2D eigenvalue weighted by atomic mass is 16.5. The third kappa shape index (κ3) is 7.32. The van der Waals surface area contributed by atoms with Crippen LogP contribution in [0.15, 0.2) is 35.3 Å². The Balaban J connectivity index is 1.70. The molecule has 0 aromatic heterocycles. The molecule has 0 aliphatic heterocycles. The molecule has 0 saturated heterocycles. The molecule has 0 bridgehead atoms. The van der Waals surface area contributed by atoms with Gasteiger partial charge in [-0.25, -0.2) is 0 Å².